The monoisotopic (exact) mass is 648 g/mol. The average Bonchev–Trinajstić information content (AvgIpc) is 3.20. The van der Waals surface area contributed by atoms with Crippen molar-refractivity contribution >= 4 is 38.4 Å². The van der Waals surface area contributed by atoms with E-state index in [1.807, 2.05) is 45.0 Å². The zero-order valence-electron chi connectivity index (χ0n) is 21.8. The van der Waals surface area contributed by atoms with Crippen molar-refractivity contribution in [3.05, 3.63) is 80.0 Å². The maximum absolute atomic E-state index is 13.4. The number of aryl methyl sites for hydroxylation is 3. The van der Waals surface area contributed by atoms with Gasteiger partial charge in [0.15, 0.2) is 5.82 Å². The molecule has 9 nitrogen and oxygen atoms in total. The Morgan fingerprint density at radius 1 is 1.00 bits per heavy atom. The minimum Gasteiger partial charge on any atom is -0.472 e. The first-order valence-electron chi connectivity index (χ1n) is 12.0. The number of rotatable bonds is 10. The number of ether oxygens (including phenoxy) is 2. The molecule has 200 valence electrons. The van der Waals surface area contributed by atoms with E-state index in [1.54, 1.807) is 32.0 Å². The number of hydrogen-bond donors (Lipinski definition) is 1. The molecule has 1 N–H and O–H groups in total. The molecule has 0 aliphatic carbocycles. The first-order chi connectivity index (χ1) is 18.1. The smallest absolute Gasteiger partial charge is 0.263 e. The van der Waals surface area contributed by atoms with Gasteiger partial charge < -0.3 is 14.0 Å². The summed E-state index contributed by atoms with van der Waals surface area (Å²) in [4.78, 5) is 8.91. The number of hydrogen-bond acceptors (Lipinski definition) is 8. The molecule has 2 heterocycles. The van der Waals surface area contributed by atoms with Crippen molar-refractivity contribution in [2.45, 2.75) is 52.7 Å². The van der Waals surface area contributed by atoms with E-state index >= 15 is 0 Å². The van der Waals surface area contributed by atoms with Crippen molar-refractivity contribution in [1.82, 2.24) is 15.1 Å². The lowest BCUT2D eigenvalue weighted by Gasteiger charge is -2.16. The molecule has 2 aromatic heterocycles. The second kappa shape index (κ2) is 11.8. The minimum absolute atomic E-state index is 0.128. The lowest BCUT2D eigenvalue weighted by Crippen LogP contribution is -2.15. The Balaban J connectivity index is 1.69. The van der Waals surface area contributed by atoms with E-state index in [1.165, 1.54) is 0 Å². The van der Waals surface area contributed by atoms with Crippen LogP contribution in [-0.2, 0) is 28.0 Å². The van der Waals surface area contributed by atoms with E-state index in [0.29, 0.717) is 41.8 Å². The summed E-state index contributed by atoms with van der Waals surface area (Å²) in [6, 6.07) is 12.6. The van der Waals surface area contributed by atoms with Crippen molar-refractivity contribution in [1.29, 1.82) is 0 Å². The Hall–Kier alpha value is -3.03. The Morgan fingerprint density at radius 2 is 1.76 bits per heavy atom. The minimum atomic E-state index is -3.96. The van der Waals surface area contributed by atoms with Gasteiger partial charge >= 0.3 is 0 Å². The predicted octanol–water partition coefficient (Wildman–Crippen LogP) is 5.89. The molecule has 11 heteroatoms. The van der Waals surface area contributed by atoms with Gasteiger partial charge in [-0.3, -0.25) is 4.72 Å². The van der Waals surface area contributed by atoms with Gasteiger partial charge in [0.1, 0.15) is 18.2 Å². The third kappa shape index (κ3) is 6.16. The normalized spacial score (nSPS) is 11.5. The van der Waals surface area contributed by atoms with Gasteiger partial charge in [0, 0.05) is 17.7 Å². The molecule has 0 bridgehead atoms. The maximum Gasteiger partial charge on any atom is 0.263 e. The summed E-state index contributed by atoms with van der Waals surface area (Å²) in [7, 11) is -3.96. The van der Waals surface area contributed by atoms with Crippen molar-refractivity contribution in [3.8, 4) is 17.0 Å². The topological polar surface area (TPSA) is 116 Å². The zero-order chi connectivity index (χ0) is 27.4. The summed E-state index contributed by atoms with van der Waals surface area (Å²) in [6.45, 7) is 10.3. The van der Waals surface area contributed by atoms with Crippen LogP contribution in [0.1, 0.15) is 40.9 Å². The van der Waals surface area contributed by atoms with Crippen LogP contribution in [0.2, 0.25) is 0 Å². The summed E-state index contributed by atoms with van der Waals surface area (Å²) >= 11 is 2.18. The molecule has 0 aliphatic rings. The standard InChI is InChI=1S/C27H29IN4O5S/c1-6-35-15-21-13-20(14-36-27-25(28)17(3)29-19(5)30-27)11-12-22(21)23-9-7-8-10-24(23)38(33,34)32-26-16(2)18(4)37-31-26/h7-13H,6,14-15H2,1-5H3,(H,31,32). The van der Waals surface area contributed by atoms with Crippen LogP contribution in [0.5, 0.6) is 5.88 Å². The number of aromatic nitrogens is 3. The van der Waals surface area contributed by atoms with Crippen LogP contribution in [0.4, 0.5) is 5.82 Å². The van der Waals surface area contributed by atoms with Crippen molar-refractivity contribution in [2.75, 3.05) is 11.3 Å². The highest BCUT2D eigenvalue weighted by Gasteiger charge is 2.23. The average molecular weight is 649 g/mol. The Morgan fingerprint density at radius 3 is 2.47 bits per heavy atom. The van der Waals surface area contributed by atoms with E-state index in [4.69, 9.17) is 14.0 Å². The fourth-order valence-corrected chi connectivity index (χ4v) is 5.54. The van der Waals surface area contributed by atoms with Gasteiger partial charge in [-0.05, 0) is 86.0 Å². The highest BCUT2D eigenvalue weighted by molar-refractivity contribution is 14.1. The number of sulfonamides is 1. The molecule has 4 rings (SSSR count). The fraction of sp³-hybridized carbons (Fsp3) is 0.296. The van der Waals surface area contributed by atoms with Gasteiger partial charge in [0.25, 0.3) is 10.0 Å². The summed E-state index contributed by atoms with van der Waals surface area (Å²) in [5.41, 5.74) is 4.55. The highest BCUT2D eigenvalue weighted by Crippen LogP contribution is 2.33. The molecule has 0 unspecified atom stereocenters. The summed E-state index contributed by atoms with van der Waals surface area (Å²) < 4.78 is 47.2. The number of nitrogens with one attached hydrogen (secondary N) is 1. The molecule has 38 heavy (non-hydrogen) atoms. The predicted molar refractivity (Wildman–Crippen MR) is 153 cm³/mol. The fourth-order valence-electron chi connectivity index (χ4n) is 3.86. The molecule has 4 aromatic rings. The van der Waals surface area contributed by atoms with E-state index in [2.05, 4.69) is 42.4 Å². The molecule has 0 radical (unpaired) electrons. The largest absolute Gasteiger partial charge is 0.472 e. The molecule has 0 fully saturated rings. The van der Waals surface area contributed by atoms with Gasteiger partial charge in [-0.25, -0.2) is 13.4 Å². The number of halogens is 1. The van der Waals surface area contributed by atoms with Gasteiger partial charge in [0.05, 0.1) is 20.8 Å². The van der Waals surface area contributed by atoms with Crippen molar-refractivity contribution in [2.24, 2.45) is 0 Å². The molecule has 0 saturated heterocycles. The van der Waals surface area contributed by atoms with Crippen LogP contribution in [0, 0.1) is 31.3 Å². The number of anilines is 1. The van der Waals surface area contributed by atoms with Gasteiger partial charge in [-0.2, -0.15) is 4.98 Å². The molecule has 0 amide bonds. The lowest BCUT2D eigenvalue weighted by atomic mass is 9.98. The molecular weight excluding hydrogens is 619 g/mol. The van der Waals surface area contributed by atoms with Gasteiger partial charge in [0.2, 0.25) is 5.88 Å². The quantitative estimate of drug-likeness (QED) is 0.212. The molecule has 0 atom stereocenters. The summed E-state index contributed by atoms with van der Waals surface area (Å²) in [5.74, 6) is 1.90. The van der Waals surface area contributed by atoms with Gasteiger partial charge in [-0.15, -0.1) is 0 Å². The molecule has 0 aliphatic heterocycles. The van der Waals surface area contributed by atoms with Crippen LogP contribution < -0.4 is 9.46 Å². The molecule has 0 saturated carbocycles. The first kappa shape index (κ1) is 28.0. The van der Waals surface area contributed by atoms with Crippen LogP contribution in [-0.4, -0.2) is 30.1 Å². The molecule has 2 aromatic carbocycles. The van der Waals surface area contributed by atoms with Crippen LogP contribution in [0.15, 0.2) is 51.9 Å². The SMILES string of the molecule is CCOCc1cc(COc2nc(C)nc(C)c2I)ccc1-c1ccccc1S(=O)(=O)Nc1noc(C)c1C. The number of nitrogens with zero attached hydrogens (tertiary/aromatic N) is 3. The van der Waals surface area contributed by atoms with Crippen LogP contribution >= 0.6 is 22.6 Å². The van der Waals surface area contributed by atoms with E-state index < -0.39 is 10.0 Å². The second-order valence-corrected chi connectivity index (χ2v) is 11.4. The Labute approximate surface area is 236 Å². The third-order valence-corrected chi connectivity index (χ3v) is 8.60. The lowest BCUT2D eigenvalue weighted by molar-refractivity contribution is 0.134. The summed E-state index contributed by atoms with van der Waals surface area (Å²) in [6.07, 6.45) is 0. The van der Waals surface area contributed by atoms with Crippen LogP contribution in [0.25, 0.3) is 11.1 Å². The van der Waals surface area contributed by atoms with E-state index in [-0.39, 0.29) is 17.3 Å². The molecule has 0 spiro atoms. The van der Waals surface area contributed by atoms with Crippen molar-refractivity contribution in [3.63, 3.8) is 0 Å². The van der Waals surface area contributed by atoms with Crippen LogP contribution in [0.3, 0.4) is 0 Å². The first-order valence-corrected chi connectivity index (χ1v) is 14.5. The third-order valence-electron chi connectivity index (χ3n) is 5.96. The Bertz CT molecular complexity index is 1570. The number of benzene rings is 2. The zero-order valence-corrected chi connectivity index (χ0v) is 24.8. The highest BCUT2D eigenvalue weighted by atomic mass is 127. The summed E-state index contributed by atoms with van der Waals surface area (Å²) in [5, 5.41) is 3.85. The Kier molecular flexibility index (Phi) is 8.68. The van der Waals surface area contributed by atoms with E-state index in [0.717, 1.165) is 26.0 Å². The van der Waals surface area contributed by atoms with Gasteiger partial charge in [-0.1, -0.05) is 35.5 Å². The second-order valence-electron chi connectivity index (χ2n) is 8.71. The van der Waals surface area contributed by atoms with Crippen molar-refractivity contribution < 1.29 is 22.4 Å². The van der Waals surface area contributed by atoms with E-state index in [9.17, 15) is 8.42 Å². The maximum atomic E-state index is 13.4. The molecular formula is C27H29IN4O5S.